The van der Waals surface area contributed by atoms with Crippen LogP contribution in [0, 0.1) is 0 Å². The van der Waals surface area contributed by atoms with Crippen molar-refractivity contribution >= 4 is 22.4 Å². The fourth-order valence-electron chi connectivity index (χ4n) is 2.39. The number of benzene rings is 1. The van der Waals surface area contributed by atoms with Crippen molar-refractivity contribution in [1.29, 1.82) is 0 Å². The van der Waals surface area contributed by atoms with E-state index in [9.17, 15) is 0 Å². The summed E-state index contributed by atoms with van der Waals surface area (Å²) in [5, 5.41) is 1.02. The Morgan fingerprint density at radius 2 is 2.21 bits per heavy atom. The lowest BCUT2D eigenvalue weighted by Crippen LogP contribution is -2.30. The molecule has 0 fully saturated rings. The zero-order chi connectivity index (χ0) is 13.4. The van der Waals surface area contributed by atoms with Crippen LogP contribution in [-0.4, -0.2) is 15.9 Å². The summed E-state index contributed by atoms with van der Waals surface area (Å²) < 4.78 is 4.43. The van der Waals surface area contributed by atoms with Crippen LogP contribution in [0.1, 0.15) is 36.7 Å². The molecular weight excluding hydrogens is 256 g/mol. The van der Waals surface area contributed by atoms with E-state index < -0.39 is 0 Å². The Morgan fingerprint density at radius 3 is 2.95 bits per heavy atom. The van der Waals surface area contributed by atoms with Crippen molar-refractivity contribution in [3.8, 4) is 0 Å². The number of nitrogen functional groups attached to an aromatic ring is 1. The fourth-order valence-corrected chi connectivity index (χ4v) is 3.22. The molecule has 5 heteroatoms. The zero-order valence-corrected chi connectivity index (χ0v) is 12.1. The molecule has 0 radical (unpaired) electrons. The van der Waals surface area contributed by atoms with Gasteiger partial charge in [0.15, 0.2) is 0 Å². The molecule has 0 atom stereocenters. The Hall–Kier alpha value is -1.62. The molecule has 1 aromatic heterocycles. The van der Waals surface area contributed by atoms with Gasteiger partial charge >= 0.3 is 0 Å². The minimum Gasteiger partial charge on any atom is -0.398 e. The second-order valence-corrected chi connectivity index (χ2v) is 5.98. The summed E-state index contributed by atoms with van der Waals surface area (Å²) in [6.07, 6.45) is 0.985. The van der Waals surface area contributed by atoms with Gasteiger partial charge in [-0.1, -0.05) is 26.0 Å². The molecule has 3 rings (SSSR count). The summed E-state index contributed by atoms with van der Waals surface area (Å²) in [5.74, 6) is 1.33. The Morgan fingerprint density at radius 1 is 1.37 bits per heavy atom. The van der Waals surface area contributed by atoms with Crippen LogP contribution < -0.4 is 10.6 Å². The van der Waals surface area contributed by atoms with Crippen LogP contribution in [0.2, 0.25) is 0 Å². The molecule has 100 valence electrons. The molecular formula is C14H18N4S. The highest BCUT2D eigenvalue weighted by molar-refractivity contribution is 7.09. The topological polar surface area (TPSA) is 55.0 Å². The fraction of sp³-hybridized carbons (Fsp3) is 0.429. The maximum Gasteiger partial charge on any atom is 0.205 e. The maximum atomic E-state index is 6.03. The Balaban J connectivity index is 1.85. The predicted molar refractivity (Wildman–Crippen MR) is 79.6 cm³/mol. The SMILES string of the molecule is CC(C)c1nsc(N2CCc3c(N)cccc3C2)n1. The molecule has 0 spiro atoms. The summed E-state index contributed by atoms with van der Waals surface area (Å²) in [6, 6.07) is 6.16. The number of aromatic nitrogens is 2. The Bertz CT molecular complexity index is 591. The van der Waals surface area contributed by atoms with Gasteiger partial charge in [-0.3, -0.25) is 0 Å². The maximum absolute atomic E-state index is 6.03. The number of hydrogen-bond acceptors (Lipinski definition) is 5. The Kier molecular flexibility index (Phi) is 3.14. The van der Waals surface area contributed by atoms with Crippen LogP contribution in [-0.2, 0) is 13.0 Å². The number of anilines is 2. The van der Waals surface area contributed by atoms with E-state index in [1.807, 2.05) is 12.1 Å². The molecule has 2 aromatic rings. The number of hydrogen-bond donors (Lipinski definition) is 1. The summed E-state index contributed by atoms with van der Waals surface area (Å²) in [6.45, 7) is 6.09. The van der Waals surface area contributed by atoms with Gasteiger partial charge in [-0.05, 0) is 23.6 Å². The average Bonchev–Trinajstić information content (AvgIpc) is 2.88. The van der Waals surface area contributed by atoms with Crippen LogP contribution in [0.4, 0.5) is 10.8 Å². The van der Waals surface area contributed by atoms with Crippen molar-refractivity contribution in [1.82, 2.24) is 9.36 Å². The minimum absolute atomic E-state index is 0.387. The summed E-state index contributed by atoms with van der Waals surface area (Å²) in [5.41, 5.74) is 9.55. The highest BCUT2D eigenvalue weighted by Crippen LogP contribution is 2.29. The molecule has 2 N–H and O–H groups in total. The molecule has 0 saturated carbocycles. The molecule has 1 aliphatic rings. The summed E-state index contributed by atoms with van der Waals surface area (Å²) >= 11 is 1.50. The van der Waals surface area contributed by atoms with Gasteiger partial charge in [-0.2, -0.15) is 4.37 Å². The largest absolute Gasteiger partial charge is 0.398 e. The molecule has 4 nitrogen and oxygen atoms in total. The highest BCUT2D eigenvalue weighted by atomic mass is 32.1. The van der Waals surface area contributed by atoms with Gasteiger partial charge in [0.05, 0.1) is 0 Å². The van der Waals surface area contributed by atoms with E-state index in [2.05, 4.69) is 34.2 Å². The van der Waals surface area contributed by atoms with Crippen molar-refractivity contribution in [3.05, 3.63) is 35.2 Å². The molecule has 1 aromatic carbocycles. The molecule has 0 aliphatic carbocycles. The van der Waals surface area contributed by atoms with E-state index in [0.717, 1.165) is 36.2 Å². The first-order chi connectivity index (χ1) is 9.15. The molecule has 2 heterocycles. The van der Waals surface area contributed by atoms with Gasteiger partial charge in [-0.15, -0.1) is 0 Å². The Labute approximate surface area is 117 Å². The molecule has 0 saturated heterocycles. The third-order valence-corrected chi connectivity index (χ3v) is 4.31. The molecule has 0 unspecified atom stereocenters. The van der Waals surface area contributed by atoms with Crippen LogP contribution in [0.15, 0.2) is 18.2 Å². The quantitative estimate of drug-likeness (QED) is 0.856. The standard InChI is InChI=1S/C14H18N4S/c1-9(2)13-16-14(19-17-13)18-7-6-11-10(8-18)4-3-5-12(11)15/h3-5,9H,6-8,15H2,1-2H3. The van der Waals surface area contributed by atoms with E-state index in [0.29, 0.717) is 5.92 Å². The lowest BCUT2D eigenvalue weighted by atomic mass is 9.98. The van der Waals surface area contributed by atoms with Gasteiger partial charge < -0.3 is 10.6 Å². The molecule has 19 heavy (non-hydrogen) atoms. The van der Waals surface area contributed by atoms with E-state index in [1.165, 1.54) is 22.7 Å². The van der Waals surface area contributed by atoms with Gasteiger partial charge in [0.2, 0.25) is 5.13 Å². The number of rotatable bonds is 2. The first-order valence-corrected chi connectivity index (χ1v) is 7.37. The van der Waals surface area contributed by atoms with Crippen LogP contribution >= 0.6 is 11.5 Å². The van der Waals surface area contributed by atoms with Crippen molar-refractivity contribution < 1.29 is 0 Å². The predicted octanol–water partition coefficient (Wildman–Crippen LogP) is 2.81. The third-order valence-electron chi connectivity index (χ3n) is 3.52. The lowest BCUT2D eigenvalue weighted by molar-refractivity contribution is 0.722. The van der Waals surface area contributed by atoms with Crippen LogP contribution in [0.5, 0.6) is 0 Å². The molecule has 0 bridgehead atoms. The van der Waals surface area contributed by atoms with E-state index in [-0.39, 0.29) is 0 Å². The van der Waals surface area contributed by atoms with E-state index in [4.69, 9.17) is 5.73 Å². The van der Waals surface area contributed by atoms with E-state index >= 15 is 0 Å². The van der Waals surface area contributed by atoms with Crippen molar-refractivity contribution in [2.75, 3.05) is 17.2 Å². The number of fused-ring (bicyclic) bond motifs is 1. The second-order valence-electron chi connectivity index (χ2n) is 5.25. The lowest BCUT2D eigenvalue weighted by Gasteiger charge is -2.28. The monoisotopic (exact) mass is 274 g/mol. The third kappa shape index (κ3) is 2.30. The first-order valence-electron chi connectivity index (χ1n) is 6.60. The molecule has 0 amide bonds. The zero-order valence-electron chi connectivity index (χ0n) is 11.3. The summed E-state index contributed by atoms with van der Waals surface area (Å²) in [4.78, 5) is 6.93. The second kappa shape index (κ2) is 4.81. The highest BCUT2D eigenvalue weighted by Gasteiger charge is 2.21. The van der Waals surface area contributed by atoms with E-state index in [1.54, 1.807) is 0 Å². The smallest absolute Gasteiger partial charge is 0.205 e. The minimum atomic E-state index is 0.387. The van der Waals surface area contributed by atoms with Crippen molar-refractivity contribution in [2.24, 2.45) is 0 Å². The number of nitrogens with two attached hydrogens (primary N) is 1. The van der Waals surface area contributed by atoms with Gasteiger partial charge in [0.1, 0.15) is 5.82 Å². The van der Waals surface area contributed by atoms with Crippen molar-refractivity contribution in [2.45, 2.75) is 32.7 Å². The van der Waals surface area contributed by atoms with Crippen LogP contribution in [0.3, 0.4) is 0 Å². The van der Waals surface area contributed by atoms with Gasteiger partial charge in [-0.25, -0.2) is 4.98 Å². The van der Waals surface area contributed by atoms with Crippen LogP contribution in [0.25, 0.3) is 0 Å². The van der Waals surface area contributed by atoms with Gasteiger partial charge in [0.25, 0.3) is 0 Å². The normalized spacial score (nSPS) is 14.8. The molecule has 1 aliphatic heterocycles. The first kappa shape index (κ1) is 12.4. The number of nitrogens with zero attached hydrogens (tertiary/aromatic N) is 3. The average molecular weight is 274 g/mol. The van der Waals surface area contributed by atoms with Crippen molar-refractivity contribution in [3.63, 3.8) is 0 Å². The summed E-state index contributed by atoms with van der Waals surface area (Å²) in [7, 11) is 0. The van der Waals surface area contributed by atoms with Gasteiger partial charge in [0, 0.05) is 36.2 Å².